The number of ether oxygens (including phenoxy) is 1. The molecule has 0 aliphatic carbocycles. The molecule has 1 aliphatic heterocycles. The maximum Gasteiger partial charge on any atom is 0.295 e. The molecule has 0 radical (unpaired) electrons. The van der Waals surface area contributed by atoms with Gasteiger partial charge >= 0.3 is 0 Å². The number of H-pyrrole nitrogens is 1. The summed E-state index contributed by atoms with van der Waals surface area (Å²) in [7, 11) is 0. The molecule has 1 saturated heterocycles. The summed E-state index contributed by atoms with van der Waals surface area (Å²) in [6.45, 7) is 2.74. The normalized spacial score (nSPS) is 17.1. The van der Waals surface area contributed by atoms with Gasteiger partial charge in [0.2, 0.25) is 5.88 Å². The van der Waals surface area contributed by atoms with Crippen molar-refractivity contribution in [1.29, 1.82) is 0 Å². The van der Waals surface area contributed by atoms with E-state index in [4.69, 9.17) is 4.74 Å². The average Bonchev–Trinajstić information content (AvgIpc) is 3.03. The van der Waals surface area contributed by atoms with Gasteiger partial charge in [0.15, 0.2) is 0 Å². The lowest BCUT2D eigenvalue weighted by Gasteiger charge is -2.32. The van der Waals surface area contributed by atoms with Crippen molar-refractivity contribution in [3.05, 3.63) is 54.1 Å². The first-order valence-electron chi connectivity index (χ1n) is 8.97. The van der Waals surface area contributed by atoms with Crippen LogP contribution in [0.25, 0.3) is 10.9 Å². The molecule has 138 valence electrons. The number of benzene rings is 1. The van der Waals surface area contributed by atoms with Crippen LogP contribution in [0.15, 0.2) is 42.9 Å². The standard InChI is InChI=1S/C20H20N4O3/c1-13-18(15-6-2-3-7-16(15)23-13)19(25)20(26)24-10-4-5-14(11-24)27-17-8-9-21-12-22-17/h2-3,6-9,12,14,23H,4-5,10-11H2,1H3. The van der Waals surface area contributed by atoms with E-state index in [9.17, 15) is 9.59 Å². The molecule has 1 N–H and O–H groups in total. The Morgan fingerprint density at radius 2 is 2.11 bits per heavy atom. The van der Waals surface area contributed by atoms with Crippen LogP contribution in [0.1, 0.15) is 28.9 Å². The van der Waals surface area contributed by atoms with Crippen molar-refractivity contribution in [2.45, 2.75) is 25.9 Å². The van der Waals surface area contributed by atoms with E-state index in [1.807, 2.05) is 31.2 Å². The number of piperidine rings is 1. The van der Waals surface area contributed by atoms with Gasteiger partial charge in [0, 0.05) is 35.4 Å². The number of carbonyl (C=O) groups excluding carboxylic acids is 2. The number of hydrogen-bond donors (Lipinski definition) is 1. The number of para-hydroxylation sites is 1. The largest absolute Gasteiger partial charge is 0.472 e. The number of carbonyl (C=O) groups is 2. The molecule has 1 aromatic carbocycles. The predicted octanol–water partition coefficient (Wildman–Crippen LogP) is 2.52. The lowest BCUT2D eigenvalue weighted by molar-refractivity contribution is -0.129. The van der Waals surface area contributed by atoms with Crippen LogP contribution >= 0.6 is 0 Å². The highest BCUT2D eigenvalue weighted by Crippen LogP contribution is 2.24. The third-order valence-electron chi connectivity index (χ3n) is 4.82. The molecule has 7 heteroatoms. The summed E-state index contributed by atoms with van der Waals surface area (Å²) in [5, 5.41) is 0.777. The van der Waals surface area contributed by atoms with Gasteiger partial charge in [-0.1, -0.05) is 18.2 Å². The Hall–Kier alpha value is -3.22. The van der Waals surface area contributed by atoms with Gasteiger partial charge in [-0.15, -0.1) is 0 Å². The van der Waals surface area contributed by atoms with Gasteiger partial charge < -0.3 is 14.6 Å². The van der Waals surface area contributed by atoms with Crippen LogP contribution in [0.2, 0.25) is 0 Å². The molecule has 1 fully saturated rings. The fraction of sp³-hybridized carbons (Fsp3) is 0.300. The summed E-state index contributed by atoms with van der Waals surface area (Å²) < 4.78 is 5.84. The maximum absolute atomic E-state index is 12.9. The van der Waals surface area contributed by atoms with E-state index in [0.29, 0.717) is 30.2 Å². The molecular formula is C20H20N4O3. The number of rotatable bonds is 4. The second-order valence-corrected chi connectivity index (χ2v) is 6.68. The predicted molar refractivity (Wildman–Crippen MR) is 99.6 cm³/mol. The van der Waals surface area contributed by atoms with Gasteiger partial charge in [0.1, 0.15) is 12.4 Å². The van der Waals surface area contributed by atoms with Crippen LogP contribution in [0.3, 0.4) is 0 Å². The molecule has 1 aliphatic rings. The number of amides is 1. The van der Waals surface area contributed by atoms with Crippen molar-refractivity contribution in [2.75, 3.05) is 13.1 Å². The Morgan fingerprint density at radius 1 is 1.26 bits per heavy atom. The minimum Gasteiger partial charge on any atom is -0.472 e. The summed E-state index contributed by atoms with van der Waals surface area (Å²) >= 11 is 0. The second-order valence-electron chi connectivity index (χ2n) is 6.68. The molecule has 0 saturated carbocycles. The number of Topliss-reactive ketones (excluding diaryl/α,β-unsaturated/α-hetero) is 1. The topological polar surface area (TPSA) is 88.2 Å². The van der Waals surface area contributed by atoms with Crippen LogP contribution in [0.4, 0.5) is 0 Å². The molecule has 3 aromatic rings. The van der Waals surface area contributed by atoms with Crippen molar-refractivity contribution in [3.8, 4) is 5.88 Å². The van der Waals surface area contributed by atoms with Crippen LogP contribution in [-0.2, 0) is 4.79 Å². The molecule has 7 nitrogen and oxygen atoms in total. The monoisotopic (exact) mass is 364 g/mol. The molecule has 0 bridgehead atoms. The third kappa shape index (κ3) is 3.40. The van der Waals surface area contributed by atoms with Gasteiger partial charge in [-0.25, -0.2) is 9.97 Å². The molecule has 1 amide bonds. The number of nitrogens with zero attached hydrogens (tertiary/aromatic N) is 3. The molecular weight excluding hydrogens is 344 g/mol. The quantitative estimate of drug-likeness (QED) is 0.568. The van der Waals surface area contributed by atoms with Crippen LogP contribution in [0.5, 0.6) is 5.88 Å². The minimum absolute atomic E-state index is 0.186. The molecule has 1 atom stereocenters. The summed E-state index contributed by atoms with van der Waals surface area (Å²) in [5.74, 6) is -0.491. The Morgan fingerprint density at radius 3 is 2.93 bits per heavy atom. The smallest absolute Gasteiger partial charge is 0.295 e. The zero-order valence-electron chi connectivity index (χ0n) is 15.0. The van der Waals surface area contributed by atoms with Crippen molar-refractivity contribution in [3.63, 3.8) is 0 Å². The molecule has 2 aromatic heterocycles. The van der Waals surface area contributed by atoms with E-state index in [1.165, 1.54) is 6.33 Å². The number of likely N-dealkylation sites (tertiary alicyclic amines) is 1. The Kier molecular flexibility index (Phi) is 4.58. The first kappa shape index (κ1) is 17.2. The number of aromatic amines is 1. The number of aryl methyl sites for hydroxylation is 1. The Balaban J connectivity index is 1.51. The number of ketones is 1. The lowest BCUT2D eigenvalue weighted by Crippen LogP contribution is -2.47. The summed E-state index contributed by atoms with van der Waals surface area (Å²) in [6, 6.07) is 9.20. The molecule has 3 heterocycles. The summed E-state index contributed by atoms with van der Waals surface area (Å²) in [6.07, 6.45) is 4.44. The molecule has 4 rings (SSSR count). The highest BCUT2D eigenvalue weighted by molar-refractivity contribution is 6.45. The number of fused-ring (bicyclic) bond motifs is 1. The fourth-order valence-electron chi connectivity index (χ4n) is 3.56. The van der Waals surface area contributed by atoms with Crippen molar-refractivity contribution < 1.29 is 14.3 Å². The van der Waals surface area contributed by atoms with Crippen LogP contribution < -0.4 is 4.74 Å². The SMILES string of the molecule is Cc1[nH]c2ccccc2c1C(=O)C(=O)N1CCCC(Oc2ccncn2)C1. The van der Waals surface area contributed by atoms with E-state index in [2.05, 4.69) is 15.0 Å². The van der Waals surface area contributed by atoms with Crippen molar-refractivity contribution in [2.24, 2.45) is 0 Å². The molecule has 1 unspecified atom stereocenters. The second kappa shape index (κ2) is 7.19. The number of aromatic nitrogens is 3. The van der Waals surface area contributed by atoms with Crippen LogP contribution in [0, 0.1) is 6.92 Å². The third-order valence-corrected chi connectivity index (χ3v) is 4.82. The van der Waals surface area contributed by atoms with Gasteiger partial charge in [0.05, 0.1) is 12.1 Å². The van der Waals surface area contributed by atoms with Gasteiger partial charge in [-0.3, -0.25) is 9.59 Å². The van der Waals surface area contributed by atoms with E-state index < -0.39 is 11.7 Å². The van der Waals surface area contributed by atoms with E-state index in [-0.39, 0.29) is 6.10 Å². The minimum atomic E-state index is -0.487. The van der Waals surface area contributed by atoms with Crippen molar-refractivity contribution in [1.82, 2.24) is 19.9 Å². The molecule has 27 heavy (non-hydrogen) atoms. The molecule has 0 spiro atoms. The highest BCUT2D eigenvalue weighted by atomic mass is 16.5. The zero-order valence-corrected chi connectivity index (χ0v) is 15.0. The first-order valence-corrected chi connectivity index (χ1v) is 8.97. The van der Waals surface area contributed by atoms with Gasteiger partial charge in [-0.05, 0) is 25.8 Å². The summed E-state index contributed by atoms with van der Waals surface area (Å²) in [4.78, 5) is 38.5. The van der Waals surface area contributed by atoms with Crippen molar-refractivity contribution >= 4 is 22.6 Å². The van der Waals surface area contributed by atoms with E-state index >= 15 is 0 Å². The highest BCUT2D eigenvalue weighted by Gasteiger charge is 2.31. The Bertz CT molecular complexity index is 983. The zero-order chi connectivity index (χ0) is 18.8. The number of hydrogen-bond acceptors (Lipinski definition) is 5. The Labute approximate surface area is 156 Å². The first-order chi connectivity index (χ1) is 13.1. The van der Waals surface area contributed by atoms with Gasteiger partial charge in [0.25, 0.3) is 11.7 Å². The van der Waals surface area contributed by atoms with E-state index in [0.717, 1.165) is 23.7 Å². The van der Waals surface area contributed by atoms with Crippen LogP contribution in [-0.4, -0.2) is 50.7 Å². The maximum atomic E-state index is 12.9. The lowest BCUT2D eigenvalue weighted by atomic mass is 10.0. The average molecular weight is 364 g/mol. The number of nitrogens with one attached hydrogen (secondary N) is 1. The van der Waals surface area contributed by atoms with Gasteiger partial charge in [-0.2, -0.15) is 0 Å². The fourth-order valence-corrected chi connectivity index (χ4v) is 3.56. The van der Waals surface area contributed by atoms with E-state index in [1.54, 1.807) is 17.2 Å². The summed E-state index contributed by atoms with van der Waals surface area (Å²) in [5.41, 5.74) is 2.02.